The Labute approximate surface area is 56.0 Å². The van der Waals surface area contributed by atoms with Crippen LogP contribution in [0.5, 0.6) is 0 Å². The van der Waals surface area contributed by atoms with E-state index in [4.69, 9.17) is 0 Å². The predicted octanol–water partition coefficient (Wildman–Crippen LogP) is -0.0737. The van der Waals surface area contributed by atoms with Gasteiger partial charge in [-0.2, -0.15) is 5.16 Å². The van der Waals surface area contributed by atoms with Gasteiger partial charge in [0, 0.05) is 6.92 Å². The van der Waals surface area contributed by atoms with Gasteiger partial charge < -0.3 is 4.52 Å². The second kappa shape index (κ2) is 2.38. The molecule has 1 aromatic rings. The molecule has 1 rings (SSSR count). The van der Waals surface area contributed by atoms with Gasteiger partial charge in [-0.1, -0.05) is 0 Å². The van der Waals surface area contributed by atoms with Crippen molar-refractivity contribution in [2.75, 3.05) is 5.32 Å². The number of anilines is 1. The van der Waals surface area contributed by atoms with E-state index >= 15 is 0 Å². The highest BCUT2D eigenvalue weighted by atomic mass is 16.5. The fourth-order valence-corrected chi connectivity index (χ4v) is 0.518. The summed E-state index contributed by atoms with van der Waals surface area (Å²) in [4.78, 5) is 20.7. The maximum absolute atomic E-state index is 10.4. The molecule has 5 heteroatoms. The Morgan fingerprint density at radius 2 is 2.50 bits per heavy atom. The molecule has 0 spiro atoms. The normalized spacial score (nSPS) is 9.30. The van der Waals surface area contributed by atoms with Crippen molar-refractivity contribution < 1.29 is 9.32 Å². The number of amides is 1. The molecule has 1 heterocycles. The predicted molar refractivity (Wildman–Crippen MR) is 33.6 cm³/mol. The zero-order chi connectivity index (χ0) is 7.56. The Morgan fingerprint density at radius 1 is 1.80 bits per heavy atom. The molecular formula is C5H6N2O3. The molecule has 54 valence electrons. The minimum Gasteiger partial charge on any atom is -0.361 e. The number of nitrogens with one attached hydrogen (secondary N) is 2. The zero-order valence-corrected chi connectivity index (χ0v) is 5.30. The van der Waals surface area contributed by atoms with E-state index < -0.39 is 0 Å². The average Bonchev–Trinajstić information content (AvgIpc) is 2.13. The fourth-order valence-electron chi connectivity index (χ4n) is 0.518. The summed E-state index contributed by atoms with van der Waals surface area (Å²) in [7, 11) is 0. The molecular weight excluding hydrogens is 136 g/mol. The number of aromatic nitrogens is 1. The van der Waals surface area contributed by atoms with Crippen LogP contribution in [0, 0.1) is 0 Å². The Balaban J connectivity index is 2.76. The first kappa shape index (κ1) is 6.60. The summed E-state index contributed by atoms with van der Waals surface area (Å²) < 4.78 is 4.51. The standard InChI is InChI=1S/C5H6N2O3/c1-3(8)6-5-2-4(9)7-10-5/h2H,1H3,(H,6,8)(H,7,9). The summed E-state index contributed by atoms with van der Waals surface area (Å²) in [6.07, 6.45) is 0. The third kappa shape index (κ3) is 1.48. The van der Waals surface area contributed by atoms with Crippen molar-refractivity contribution in [3.8, 4) is 0 Å². The van der Waals surface area contributed by atoms with Crippen LogP contribution in [0.3, 0.4) is 0 Å². The van der Waals surface area contributed by atoms with E-state index in [-0.39, 0.29) is 17.4 Å². The van der Waals surface area contributed by atoms with E-state index in [9.17, 15) is 9.59 Å². The smallest absolute Gasteiger partial charge is 0.282 e. The third-order valence-corrected chi connectivity index (χ3v) is 0.823. The summed E-state index contributed by atoms with van der Waals surface area (Å²) in [5.74, 6) is -0.139. The van der Waals surface area contributed by atoms with E-state index in [1.807, 2.05) is 5.16 Å². The highest BCUT2D eigenvalue weighted by molar-refractivity contribution is 5.86. The zero-order valence-electron chi connectivity index (χ0n) is 5.30. The van der Waals surface area contributed by atoms with E-state index in [0.29, 0.717) is 0 Å². The topological polar surface area (TPSA) is 75.1 Å². The Morgan fingerprint density at radius 3 is 2.90 bits per heavy atom. The van der Waals surface area contributed by atoms with Crippen molar-refractivity contribution >= 4 is 11.8 Å². The molecule has 0 aromatic carbocycles. The lowest BCUT2D eigenvalue weighted by atomic mass is 10.6. The Bertz CT molecular complexity index is 285. The van der Waals surface area contributed by atoms with Crippen molar-refractivity contribution in [1.82, 2.24) is 5.16 Å². The maximum atomic E-state index is 10.4. The number of hydrogen-bond acceptors (Lipinski definition) is 3. The van der Waals surface area contributed by atoms with Crippen molar-refractivity contribution in [2.24, 2.45) is 0 Å². The van der Waals surface area contributed by atoms with Crippen LogP contribution >= 0.6 is 0 Å². The van der Waals surface area contributed by atoms with Gasteiger partial charge in [-0.3, -0.25) is 14.9 Å². The van der Waals surface area contributed by atoms with Crippen LogP contribution in [-0.4, -0.2) is 11.1 Å². The monoisotopic (exact) mass is 142 g/mol. The highest BCUT2D eigenvalue weighted by Gasteiger charge is 1.98. The van der Waals surface area contributed by atoms with Gasteiger partial charge in [0.2, 0.25) is 11.8 Å². The molecule has 5 nitrogen and oxygen atoms in total. The number of aromatic amines is 1. The van der Waals surface area contributed by atoms with Gasteiger partial charge in [0.05, 0.1) is 6.07 Å². The van der Waals surface area contributed by atoms with Crippen LogP contribution in [-0.2, 0) is 4.79 Å². The van der Waals surface area contributed by atoms with E-state index in [2.05, 4.69) is 9.84 Å². The molecule has 0 unspecified atom stereocenters. The van der Waals surface area contributed by atoms with E-state index in [0.717, 1.165) is 6.07 Å². The number of carbonyl (C=O) groups excluding carboxylic acids is 1. The second-order valence-corrected chi connectivity index (χ2v) is 1.76. The third-order valence-electron chi connectivity index (χ3n) is 0.823. The molecule has 1 aromatic heterocycles. The number of rotatable bonds is 1. The molecule has 1 amide bonds. The molecule has 0 atom stereocenters. The summed E-state index contributed by atoms with van der Waals surface area (Å²) in [5.41, 5.74) is -0.372. The first-order valence-electron chi connectivity index (χ1n) is 2.64. The van der Waals surface area contributed by atoms with E-state index in [1.54, 1.807) is 0 Å². The minimum absolute atomic E-state index is 0.137. The lowest BCUT2D eigenvalue weighted by Crippen LogP contribution is -2.04. The number of carbonyl (C=O) groups is 1. The first-order chi connectivity index (χ1) is 4.68. The van der Waals surface area contributed by atoms with Crippen LogP contribution in [0.15, 0.2) is 15.4 Å². The highest BCUT2D eigenvalue weighted by Crippen LogP contribution is 1.98. The van der Waals surface area contributed by atoms with Gasteiger partial charge in [-0.15, -0.1) is 0 Å². The van der Waals surface area contributed by atoms with Crippen LogP contribution in [0.4, 0.5) is 5.88 Å². The summed E-state index contributed by atoms with van der Waals surface area (Å²) in [6.45, 7) is 1.33. The summed E-state index contributed by atoms with van der Waals surface area (Å²) >= 11 is 0. The maximum Gasteiger partial charge on any atom is 0.282 e. The van der Waals surface area contributed by atoms with Crippen molar-refractivity contribution in [1.29, 1.82) is 0 Å². The lowest BCUT2D eigenvalue weighted by Gasteiger charge is -1.90. The van der Waals surface area contributed by atoms with Crippen molar-refractivity contribution in [3.05, 3.63) is 16.4 Å². The van der Waals surface area contributed by atoms with Gasteiger partial charge in [0.15, 0.2) is 0 Å². The first-order valence-corrected chi connectivity index (χ1v) is 2.64. The van der Waals surface area contributed by atoms with E-state index in [1.165, 1.54) is 6.92 Å². The van der Waals surface area contributed by atoms with Gasteiger partial charge in [0.1, 0.15) is 0 Å². The van der Waals surface area contributed by atoms with Crippen molar-refractivity contribution in [3.63, 3.8) is 0 Å². The van der Waals surface area contributed by atoms with Gasteiger partial charge in [0.25, 0.3) is 5.56 Å². The molecule has 0 saturated carbocycles. The molecule has 0 radical (unpaired) electrons. The summed E-state index contributed by atoms with van der Waals surface area (Å²) in [6, 6.07) is 1.15. The average molecular weight is 142 g/mol. The molecule has 0 aliphatic carbocycles. The van der Waals surface area contributed by atoms with Gasteiger partial charge in [-0.25, -0.2) is 0 Å². The molecule has 0 saturated heterocycles. The lowest BCUT2D eigenvalue weighted by molar-refractivity contribution is -0.114. The molecule has 2 N–H and O–H groups in total. The van der Waals surface area contributed by atoms with Crippen LogP contribution in [0.1, 0.15) is 6.92 Å². The van der Waals surface area contributed by atoms with Gasteiger partial charge >= 0.3 is 0 Å². The quantitative estimate of drug-likeness (QED) is 0.576. The largest absolute Gasteiger partial charge is 0.361 e. The molecule has 0 fully saturated rings. The van der Waals surface area contributed by atoms with Crippen LogP contribution < -0.4 is 10.9 Å². The molecule has 10 heavy (non-hydrogen) atoms. The van der Waals surface area contributed by atoms with Crippen LogP contribution in [0.2, 0.25) is 0 Å². The van der Waals surface area contributed by atoms with Gasteiger partial charge in [-0.05, 0) is 0 Å². The van der Waals surface area contributed by atoms with Crippen LogP contribution in [0.25, 0.3) is 0 Å². The SMILES string of the molecule is CC(=O)Nc1cc(=O)[nH]o1. The number of hydrogen-bond donors (Lipinski definition) is 2. The van der Waals surface area contributed by atoms with Crippen molar-refractivity contribution in [2.45, 2.75) is 6.92 Å². The minimum atomic E-state index is -0.372. The molecule has 0 aliphatic rings. The Kier molecular flexibility index (Phi) is 1.57. The number of H-pyrrole nitrogens is 1. The molecule has 0 aliphatic heterocycles. The summed E-state index contributed by atoms with van der Waals surface area (Å²) in [5, 5.41) is 4.32. The fraction of sp³-hybridized carbons (Fsp3) is 0.200. The molecule has 0 bridgehead atoms. The second-order valence-electron chi connectivity index (χ2n) is 1.76. The Hall–Kier alpha value is -1.52.